The van der Waals surface area contributed by atoms with Crippen molar-refractivity contribution in [3.05, 3.63) is 71.4 Å². The van der Waals surface area contributed by atoms with Gasteiger partial charge in [-0.15, -0.1) is 0 Å². The molecule has 5 rings (SSSR count). The molecule has 0 bridgehead atoms. The van der Waals surface area contributed by atoms with Crippen LogP contribution in [0.15, 0.2) is 54.6 Å². The fourth-order valence-corrected chi connectivity index (χ4v) is 4.55. The Morgan fingerprint density at radius 2 is 1.33 bits per heavy atom. The molecule has 4 nitrogen and oxygen atoms in total. The van der Waals surface area contributed by atoms with Crippen LogP contribution in [0.1, 0.15) is 30.7 Å². The number of aromatic nitrogens is 2. The van der Waals surface area contributed by atoms with Crippen molar-refractivity contribution in [3.63, 3.8) is 0 Å². The van der Waals surface area contributed by atoms with Crippen molar-refractivity contribution >= 4 is 23.1 Å². The van der Waals surface area contributed by atoms with Crippen LogP contribution in [0, 0.1) is 6.92 Å². The van der Waals surface area contributed by atoms with Crippen LogP contribution in [-0.4, -0.2) is 22.1 Å². The third-order valence-corrected chi connectivity index (χ3v) is 5.71. The van der Waals surface area contributed by atoms with Crippen molar-refractivity contribution in [3.8, 4) is 0 Å². The number of anilines is 4. The van der Waals surface area contributed by atoms with Crippen molar-refractivity contribution in [2.45, 2.75) is 45.7 Å². The maximum Gasteiger partial charge on any atom is 0.232 e. The van der Waals surface area contributed by atoms with Crippen molar-refractivity contribution in [1.29, 1.82) is 0 Å². The third-order valence-electron chi connectivity index (χ3n) is 5.71. The number of fused-ring (bicyclic) bond motifs is 2. The summed E-state index contributed by atoms with van der Waals surface area (Å²) < 4.78 is 0. The average molecular weight is 356 g/mol. The van der Waals surface area contributed by atoms with Crippen molar-refractivity contribution in [2.75, 3.05) is 9.80 Å². The third kappa shape index (κ3) is 2.59. The monoisotopic (exact) mass is 356 g/mol. The van der Waals surface area contributed by atoms with Crippen LogP contribution in [0.5, 0.6) is 0 Å². The van der Waals surface area contributed by atoms with Gasteiger partial charge in [-0.1, -0.05) is 36.4 Å². The molecule has 0 aliphatic carbocycles. The fourth-order valence-electron chi connectivity index (χ4n) is 4.55. The molecular weight excluding hydrogens is 332 g/mol. The van der Waals surface area contributed by atoms with Gasteiger partial charge in [-0.05, 0) is 56.9 Å². The van der Waals surface area contributed by atoms with Gasteiger partial charge in [0.05, 0.1) is 0 Å². The lowest BCUT2D eigenvalue weighted by Gasteiger charge is -2.27. The molecule has 3 heterocycles. The minimum Gasteiger partial charge on any atom is -0.323 e. The van der Waals surface area contributed by atoms with E-state index < -0.39 is 0 Å². The summed E-state index contributed by atoms with van der Waals surface area (Å²) in [6.07, 6.45) is 2.09. The molecule has 2 aliphatic heterocycles. The van der Waals surface area contributed by atoms with Gasteiger partial charge in [-0.25, -0.2) is 4.98 Å². The minimum atomic E-state index is 0.361. The molecule has 3 aromatic rings. The van der Waals surface area contributed by atoms with Gasteiger partial charge in [0.15, 0.2) is 0 Å². The standard InChI is InChI=1S/C23H24N4/c1-15-12-22(26-16(2)13-18-8-4-6-10-20(18)26)25-23(24-15)27-17(3)14-19-9-5-7-11-21(19)27/h4-12,16-17H,13-14H2,1-3H3. The molecule has 2 aliphatic rings. The second kappa shape index (κ2) is 6.08. The molecule has 0 radical (unpaired) electrons. The second-order valence-electron chi connectivity index (χ2n) is 7.77. The van der Waals surface area contributed by atoms with Gasteiger partial charge >= 0.3 is 0 Å². The summed E-state index contributed by atoms with van der Waals surface area (Å²) in [5.41, 5.74) is 6.27. The highest BCUT2D eigenvalue weighted by atomic mass is 15.3. The quantitative estimate of drug-likeness (QED) is 0.650. The number of nitrogens with zero attached hydrogens (tertiary/aromatic N) is 4. The smallest absolute Gasteiger partial charge is 0.232 e. The van der Waals surface area contributed by atoms with Crippen LogP contribution in [0.2, 0.25) is 0 Å². The maximum atomic E-state index is 5.04. The predicted molar refractivity (Wildman–Crippen MR) is 110 cm³/mol. The van der Waals surface area contributed by atoms with Crippen LogP contribution < -0.4 is 9.80 Å². The Kier molecular flexibility index (Phi) is 3.67. The van der Waals surface area contributed by atoms with Gasteiger partial charge in [0.1, 0.15) is 5.82 Å². The highest BCUT2D eigenvalue weighted by Crippen LogP contribution is 2.40. The lowest BCUT2D eigenvalue weighted by Crippen LogP contribution is -2.29. The highest BCUT2D eigenvalue weighted by molar-refractivity contribution is 5.72. The largest absolute Gasteiger partial charge is 0.323 e. The van der Waals surface area contributed by atoms with Gasteiger partial charge < -0.3 is 9.80 Å². The van der Waals surface area contributed by atoms with Crippen LogP contribution in [0.3, 0.4) is 0 Å². The molecule has 0 N–H and O–H groups in total. The average Bonchev–Trinajstić information content (AvgIpc) is 3.16. The van der Waals surface area contributed by atoms with E-state index in [9.17, 15) is 0 Å². The summed E-state index contributed by atoms with van der Waals surface area (Å²) in [6, 6.07) is 20.1. The van der Waals surface area contributed by atoms with Gasteiger partial charge in [0, 0.05) is 35.2 Å². The fraction of sp³-hybridized carbons (Fsp3) is 0.304. The summed E-state index contributed by atoms with van der Waals surface area (Å²) in [4.78, 5) is 14.5. The SMILES string of the molecule is Cc1cc(N2c3ccccc3CC2C)nc(N2c3ccccc3CC2C)n1. The van der Waals surface area contributed by atoms with Crippen molar-refractivity contribution in [1.82, 2.24) is 9.97 Å². The first-order chi connectivity index (χ1) is 13.1. The molecule has 0 saturated heterocycles. The number of hydrogen-bond donors (Lipinski definition) is 0. The van der Waals surface area contributed by atoms with E-state index in [1.807, 2.05) is 0 Å². The molecule has 2 unspecified atom stereocenters. The Labute approximate surface area is 160 Å². The Balaban J connectivity index is 1.61. The van der Waals surface area contributed by atoms with Crippen LogP contribution in [-0.2, 0) is 12.8 Å². The molecule has 4 heteroatoms. The molecule has 0 amide bonds. The van der Waals surface area contributed by atoms with E-state index in [-0.39, 0.29) is 0 Å². The summed E-state index contributed by atoms with van der Waals surface area (Å²) in [7, 11) is 0. The van der Waals surface area contributed by atoms with Gasteiger partial charge in [0.25, 0.3) is 0 Å². The van der Waals surface area contributed by atoms with E-state index >= 15 is 0 Å². The van der Waals surface area contributed by atoms with E-state index in [0.29, 0.717) is 12.1 Å². The lowest BCUT2D eigenvalue weighted by atomic mass is 10.1. The number of para-hydroxylation sites is 2. The van der Waals surface area contributed by atoms with Crippen LogP contribution in [0.4, 0.5) is 23.1 Å². The van der Waals surface area contributed by atoms with E-state index in [1.165, 1.54) is 22.5 Å². The summed E-state index contributed by atoms with van der Waals surface area (Å²) in [5, 5.41) is 0. The molecule has 27 heavy (non-hydrogen) atoms. The first-order valence-electron chi connectivity index (χ1n) is 9.72. The highest BCUT2D eigenvalue weighted by Gasteiger charge is 2.32. The summed E-state index contributed by atoms with van der Waals surface area (Å²) in [6.45, 7) is 6.58. The van der Waals surface area contributed by atoms with Gasteiger partial charge in [0.2, 0.25) is 5.95 Å². The van der Waals surface area contributed by atoms with E-state index in [1.54, 1.807) is 0 Å². The maximum absolute atomic E-state index is 5.04. The number of aryl methyl sites for hydroxylation is 1. The Morgan fingerprint density at radius 3 is 2.00 bits per heavy atom. The molecular formula is C23H24N4. The van der Waals surface area contributed by atoms with Gasteiger partial charge in [-0.2, -0.15) is 4.98 Å². The molecule has 2 aromatic carbocycles. The second-order valence-corrected chi connectivity index (χ2v) is 7.77. The predicted octanol–water partition coefficient (Wildman–Crippen LogP) is 4.95. The number of hydrogen-bond acceptors (Lipinski definition) is 4. The summed E-state index contributed by atoms with van der Waals surface area (Å²) >= 11 is 0. The minimum absolute atomic E-state index is 0.361. The summed E-state index contributed by atoms with van der Waals surface area (Å²) in [5.74, 6) is 1.80. The normalized spacial score (nSPS) is 20.7. The zero-order chi connectivity index (χ0) is 18.5. The van der Waals surface area contributed by atoms with E-state index in [4.69, 9.17) is 9.97 Å². The van der Waals surface area contributed by atoms with Gasteiger partial charge in [-0.3, -0.25) is 0 Å². The number of benzene rings is 2. The topological polar surface area (TPSA) is 32.3 Å². The van der Waals surface area contributed by atoms with Crippen LogP contribution in [0.25, 0.3) is 0 Å². The van der Waals surface area contributed by atoms with Crippen LogP contribution >= 0.6 is 0 Å². The van der Waals surface area contributed by atoms with E-state index in [2.05, 4.69) is 85.2 Å². The molecule has 2 atom stereocenters. The Hall–Kier alpha value is -2.88. The molecule has 0 spiro atoms. The Bertz CT molecular complexity index is 935. The van der Waals surface area contributed by atoms with E-state index in [0.717, 1.165) is 30.3 Å². The first-order valence-corrected chi connectivity index (χ1v) is 9.72. The zero-order valence-corrected chi connectivity index (χ0v) is 16.1. The molecule has 136 valence electrons. The number of rotatable bonds is 2. The molecule has 0 fully saturated rings. The molecule has 0 saturated carbocycles. The lowest BCUT2D eigenvalue weighted by molar-refractivity contribution is 0.725. The first kappa shape index (κ1) is 16.3. The van der Waals surface area contributed by atoms with Crippen molar-refractivity contribution < 1.29 is 0 Å². The van der Waals surface area contributed by atoms with Crippen molar-refractivity contribution in [2.24, 2.45) is 0 Å². The molecule has 1 aromatic heterocycles. The Morgan fingerprint density at radius 1 is 0.778 bits per heavy atom. The zero-order valence-electron chi connectivity index (χ0n) is 16.1.